The Hall–Kier alpha value is -3.49. The van der Waals surface area contributed by atoms with Crippen LogP contribution in [-0.2, 0) is 0 Å². The van der Waals surface area contributed by atoms with E-state index in [1.807, 2.05) is 48.5 Å². The second-order valence-electron chi connectivity index (χ2n) is 9.50. The van der Waals surface area contributed by atoms with Crippen LogP contribution in [0.5, 0.6) is 5.75 Å². The summed E-state index contributed by atoms with van der Waals surface area (Å²) in [4.78, 5) is 25.6. The lowest BCUT2D eigenvalue weighted by Gasteiger charge is -2.36. The van der Waals surface area contributed by atoms with Gasteiger partial charge in [0.25, 0.3) is 5.56 Å². The van der Waals surface area contributed by atoms with Crippen molar-refractivity contribution < 1.29 is 9.15 Å². The quantitative estimate of drug-likeness (QED) is 0.347. The predicted molar refractivity (Wildman–Crippen MR) is 136 cm³/mol. The van der Waals surface area contributed by atoms with Crippen LogP contribution in [0.3, 0.4) is 0 Å². The van der Waals surface area contributed by atoms with Crippen LogP contribution in [0.4, 0.5) is 0 Å². The lowest BCUT2D eigenvalue weighted by molar-refractivity contribution is 0.0662. The zero-order valence-electron chi connectivity index (χ0n) is 19.3. The zero-order valence-corrected chi connectivity index (χ0v) is 20.1. The monoisotopic (exact) mass is 484 g/mol. The summed E-state index contributed by atoms with van der Waals surface area (Å²) in [5.74, 6) is 1.54. The molecule has 2 bridgehead atoms. The van der Waals surface area contributed by atoms with Gasteiger partial charge in [0, 0.05) is 24.3 Å². The molecular weight excluding hydrogens is 460 g/mol. The van der Waals surface area contributed by atoms with Gasteiger partial charge in [0.1, 0.15) is 34.2 Å². The Labute approximate surface area is 205 Å². The van der Waals surface area contributed by atoms with Gasteiger partial charge in [0.15, 0.2) is 5.58 Å². The molecule has 2 unspecified atom stereocenters. The first-order valence-corrected chi connectivity index (χ1v) is 12.8. The third kappa shape index (κ3) is 3.56. The van der Waals surface area contributed by atoms with Gasteiger partial charge >= 0.3 is 0 Å². The minimum atomic E-state index is -0.0963. The van der Waals surface area contributed by atoms with Crippen molar-refractivity contribution in [3.63, 3.8) is 0 Å². The molecule has 2 aliphatic rings. The van der Waals surface area contributed by atoms with Crippen LogP contribution in [0.1, 0.15) is 25.7 Å². The van der Waals surface area contributed by atoms with Gasteiger partial charge in [-0.3, -0.25) is 14.3 Å². The van der Waals surface area contributed by atoms with E-state index in [4.69, 9.17) is 9.15 Å². The average Bonchev–Trinajstić information content (AvgIpc) is 3.54. The van der Waals surface area contributed by atoms with Crippen LogP contribution < -0.4 is 10.3 Å². The summed E-state index contributed by atoms with van der Waals surface area (Å²) >= 11 is 1.39. The molecule has 2 fully saturated rings. The molecule has 8 heteroatoms. The molecule has 1 aromatic carbocycles. The molecule has 4 aromatic heterocycles. The number of benzene rings is 1. The van der Waals surface area contributed by atoms with Crippen LogP contribution in [0, 0.1) is 0 Å². The van der Waals surface area contributed by atoms with Gasteiger partial charge in [-0.2, -0.15) is 0 Å². The molecule has 5 aromatic rings. The molecule has 6 heterocycles. The molecule has 0 N–H and O–H groups in total. The Morgan fingerprint density at radius 1 is 1.03 bits per heavy atom. The molecule has 0 aliphatic carbocycles. The number of furan rings is 1. The molecule has 7 rings (SSSR count). The highest BCUT2D eigenvalue weighted by Crippen LogP contribution is 2.36. The largest absolute Gasteiger partial charge is 0.490 e. The Bertz CT molecular complexity index is 1560. The van der Waals surface area contributed by atoms with E-state index in [0.717, 1.165) is 40.3 Å². The van der Waals surface area contributed by atoms with E-state index in [0.29, 0.717) is 28.1 Å². The highest BCUT2D eigenvalue weighted by Gasteiger charge is 2.39. The van der Waals surface area contributed by atoms with E-state index >= 15 is 0 Å². The van der Waals surface area contributed by atoms with Gasteiger partial charge in [-0.1, -0.05) is 0 Å². The molecule has 0 spiro atoms. The second kappa shape index (κ2) is 8.03. The number of fused-ring (bicyclic) bond motifs is 4. The second-order valence-corrected chi connectivity index (χ2v) is 10.5. The Morgan fingerprint density at radius 2 is 1.83 bits per heavy atom. The van der Waals surface area contributed by atoms with Gasteiger partial charge in [-0.15, -0.1) is 11.3 Å². The molecule has 7 nitrogen and oxygen atoms in total. The van der Waals surface area contributed by atoms with Crippen molar-refractivity contribution in [1.29, 1.82) is 0 Å². The first-order chi connectivity index (χ1) is 17.1. The standard InChI is InChI=1S/C27H24N4O3S/c1-30-17-4-5-18(30)12-20(11-17)33-19-8-6-16(7-9-19)31-15-29-22-14-25(35-26(22)27(31)32)24-13-21-23(34-24)3-2-10-28-21/h2-3,6-10,13-15,17-18,20H,4-5,11-12H2,1H3. The van der Waals surface area contributed by atoms with E-state index in [1.54, 1.807) is 17.1 Å². The SMILES string of the molecule is CN1C2CCC1CC(Oc1ccc(-n3cnc4cc(-c5cc6ncccc6o5)sc4c3=O)cc1)C2. The third-order valence-electron chi connectivity index (χ3n) is 7.44. The van der Waals surface area contributed by atoms with E-state index in [-0.39, 0.29) is 11.7 Å². The number of ether oxygens (including phenoxy) is 1. The first-order valence-electron chi connectivity index (χ1n) is 12.0. The lowest BCUT2D eigenvalue weighted by Crippen LogP contribution is -2.43. The summed E-state index contributed by atoms with van der Waals surface area (Å²) in [5.41, 5.74) is 2.85. The number of aromatic nitrogens is 3. The fourth-order valence-electron chi connectivity index (χ4n) is 5.54. The molecule has 0 saturated carbocycles. The Balaban J connectivity index is 1.15. The fourth-order valence-corrected chi connectivity index (χ4v) is 6.54. The van der Waals surface area contributed by atoms with Crippen LogP contribution in [0.2, 0.25) is 0 Å². The Morgan fingerprint density at radius 3 is 2.60 bits per heavy atom. The summed E-state index contributed by atoms with van der Waals surface area (Å²) in [6.07, 6.45) is 8.29. The summed E-state index contributed by atoms with van der Waals surface area (Å²) in [6.45, 7) is 0. The molecule has 0 amide bonds. The van der Waals surface area contributed by atoms with E-state index < -0.39 is 0 Å². The van der Waals surface area contributed by atoms with Gasteiger partial charge < -0.3 is 14.1 Å². The van der Waals surface area contributed by atoms with Gasteiger partial charge in [-0.25, -0.2) is 4.98 Å². The Kier molecular flexibility index (Phi) is 4.78. The number of thiophene rings is 1. The van der Waals surface area contributed by atoms with Crippen LogP contribution in [0.25, 0.3) is 37.6 Å². The van der Waals surface area contributed by atoms with Crippen LogP contribution >= 0.6 is 11.3 Å². The van der Waals surface area contributed by atoms with E-state index in [9.17, 15) is 4.79 Å². The minimum Gasteiger partial charge on any atom is -0.490 e. The minimum absolute atomic E-state index is 0.0963. The maximum atomic E-state index is 13.3. The molecule has 35 heavy (non-hydrogen) atoms. The smallest absolute Gasteiger partial charge is 0.275 e. The summed E-state index contributed by atoms with van der Waals surface area (Å²) < 4.78 is 14.4. The maximum Gasteiger partial charge on any atom is 0.275 e. The predicted octanol–water partition coefficient (Wildman–Crippen LogP) is 5.26. The van der Waals surface area contributed by atoms with Crippen molar-refractivity contribution in [3.8, 4) is 22.1 Å². The first kappa shape index (κ1) is 20.8. The zero-order chi connectivity index (χ0) is 23.5. The molecule has 0 radical (unpaired) electrons. The van der Waals surface area contributed by atoms with Crippen molar-refractivity contribution in [3.05, 3.63) is 71.4 Å². The highest BCUT2D eigenvalue weighted by molar-refractivity contribution is 7.22. The molecule has 176 valence electrons. The van der Waals surface area contributed by atoms with Gasteiger partial charge in [0.05, 0.1) is 16.1 Å². The van der Waals surface area contributed by atoms with Gasteiger partial charge in [-0.05, 0) is 75.2 Å². The topological polar surface area (TPSA) is 73.4 Å². The maximum absolute atomic E-state index is 13.3. The van der Waals surface area contributed by atoms with E-state index in [2.05, 4.69) is 21.9 Å². The number of hydrogen-bond acceptors (Lipinski definition) is 7. The van der Waals surface area contributed by atoms with Crippen LogP contribution in [-0.4, -0.2) is 44.7 Å². The van der Waals surface area contributed by atoms with Gasteiger partial charge in [0.2, 0.25) is 0 Å². The lowest BCUT2D eigenvalue weighted by atomic mass is 10.0. The number of pyridine rings is 1. The number of piperidine rings is 1. The van der Waals surface area contributed by atoms with Crippen molar-refractivity contribution in [2.45, 2.75) is 43.9 Å². The fraction of sp³-hybridized carbons (Fsp3) is 0.296. The summed E-state index contributed by atoms with van der Waals surface area (Å²) in [7, 11) is 2.24. The van der Waals surface area contributed by atoms with Crippen molar-refractivity contribution >= 4 is 32.7 Å². The summed E-state index contributed by atoms with van der Waals surface area (Å²) in [5, 5.41) is 0. The normalized spacial score (nSPS) is 22.3. The average molecular weight is 485 g/mol. The molecular formula is C27H24N4O3S. The van der Waals surface area contributed by atoms with Crippen LogP contribution in [0.15, 0.2) is 70.3 Å². The number of nitrogens with zero attached hydrogens (tertiary/aromatic N) is 4. The number of hydrogen-bond donors (Lipinski definition) is 0. The van der Waals surface area contributed by atoms with E-state index in [1.165, 1.54) is 24.2 Å². The third-order valence-corrected chi connectivity index (χ3v) is 8.57. The molecule has 2 aliphatic heterocycles. The van der Waals surface area contributed by atoms with Crippen molar-refractivity contribution in [2.24, 2.45) is 0 Å². The summed E-state index contributed by atoms with van der Waals surface area (Å²) in [6, 6.07) is 16.6. The molecule has 2 atom stereocenters. The number of rotatable bonds is 4. The molecule has 2 saturated heterocycles. The van der Waals surface area contributed by atoms with Crippen molar-refractivity contribution in [2.75, 3.05) is 7.05 Å². The highest BCUT2D eigenvalue weighted by atomic mass is 32.1. The van der Waals surface area contributed by atoms with Crippen molar-refractivity contribution in [1.82, 2.24) is 19.4 Å².